The smallest absolute Gasteiger partial charge is 0.297 e. The zero-order valence-electron chi connectivity index (χ0n) is 47.2. The zero-order chi connectivity index (χ0) is 65.7. The SMILES string of the molecule is CC#CC#CC#CC#CC#CC#CC#CC#CC#CC#CC#CC#CC(=O)N[C@@H](CO[C@H]1OC(CO)[C@H](O)[C@H](O)C1O)[C@H](O)CC[C@@H](O)[C@H](CO[C@H]1OC(CO)[C@H](O)[C@H](O)C1O)NC(=O)C#CC#CC#CC#CC#CC#CC#CC#CC#CC#CC#CC#CC.[HH].[HH].[HH].[HH].[HH].[HH].[HH].[HH].[HH].[HH].[HH].[HH].[HH].[HH].[HH].[HH].[HH].[HH].[HH].[HH].[HH].[HH].[HH].[HH].[HH].[HH].[HH].[HH].[HH].[HH].[HH].[HH].[HH].[HH].[HH].[HH].[HH].[HH].[HH].[HH].[HH].[HH].[HH].[HH].[HH].[HH].[HH].[HH]. The topological polar surface area (TPSA) is 297 Å². The first kappa shape index (κ1) is 73.9. The highest BCUT2D eigenvalue weighted by atomic mass is 16.7. The van der Waals surface area contributed by atoms with Crippen molar-refractivity contribution in [1.29, 1.82) is 0 Å². The molecular weight excluding hydrogens is 1150 g/mol. The fourth-order valence-corrected chi connectivity index (χ4v) is 6.01. The van der Waals surface area contributed by atoms with Crippen LogP contribution in [0.1, 0.15) is 95.2 Å². The van der Waals surface area contributed by atoms with Crippen molar-refractivity contribution in [3.05, 3.63) is 0 Å². The van der Waals surface area contributed by atoms with E-state index in [4.69, 9.17) is 18.9 Å². The summed E-state index contributed by atoms with van der Waals surface area (Å²) in [4.78, 5) is 26.0. The van der Waals surface area contributed by atoms with E-state index in [1.807, 2.05) is 0 Å². The predicted molar refractivity (Wildman–Crippen MR) is 424 cm³/mol. The maximum absolute atomic E-state index is 13.0. The van der Waals surface area contributed by atoms with Crippen LogP contribution < -0.4 is 10.6 Å². The number of amides is 2. The maximum atomic E-state index is 13.0. The molecule has 18 heteroatoms. The fraction of sp³-hybridized carbons (Fsp3) is 0.306. The van der Waals surface area contributed by atoms with E-state index in [1.54, 1.807) is 13.8 Å². The lowest BCUT2D eigenvalue weighted by atomic mass is 9.98. The maximum Gasteiger partial charge on any atom is 0.297 e. The molecule has 534 valence electrons. The Bertz CT molecular complexity index is 4160. The van der Waals surface area contributed by atoms with Crippen LogP contribution in [0.4, 0.5) is 0 Å². The molecule has 18 nitrogen and oxygen atoms in total. The van der Waals surface area contributed by atoms with Gasteiger partial charge in [0.05, 0.1) is 50.7 Å². The van der Waals surface area contributed by atoms with E-state index in [-0.39, 0.29) is 68.5 Å². The van der Waals surface area contributed by atoms with Crippen LogP contribution in [0.5, 0.6) is 0 Å². The van der Waals surface area contributed by atoms with Gasteiger partial charge in [-0.05, 0) is 216 Å². The minimum absolute atomic E-state index is 0. The highest BCUT2D eigenvalue weighted by Crippen LogP contribution is 2.24. The molecule has 90 heavy (non-hydrogen) atoms. The number of aliphatic hydroxyl groups is 10. The zero-order valence-corrected chi connectivity index (χ0v) is 47.2. The van der Waals surface area contributed by atoms with Crippen molar-refractivity contribution in [2.45, 2.75) is 112 Å². The number of carbonyl (C=O) groups excluding carboxylic acids is 2. The van der Waals surface area contributed by atoms with Gasteiger partial charge in [-0.3, -0.25) is 9.59 Å². The summed E-state index contributed by atoms with van der Waals surface area (Å²) in [5.74, 6) is 115. The van der Waals surface area contributed by atoms with Crippen LogP contribution in [0.2, 0.25) is 0 Å². The van der Waals surface area contributed by atoms with Crippen molar-refractivity contribution in [1.82, 2.24) is 10.6 Å². The van der Waals surface area contributed by atoms with Crippen molar-refractivity contribution in [3.63, 3.8) is 0 Å². The van der Waals surface area contributed by atoms with Crippen LogP contribution in [0.3, 0.4) is 0 Å². The van der Waals surface area contributed by atoms with Crippen LogP contribution in [0, 0.1) is 284 Å². The molecule has 2 aliphatic heterocycles. The van der Waals surface area contributed by atoms with Gasteiger partial charge < -0.3 is 80.6 Å². The summed E-state index contributed by atoms with van der Waals surface area (Å²) < 4.78 is 21.9. The number of ether oxygens (including phenoxy) is 4. The summed E-state index contributed by atoms with van der Waals surface area (Å²) in [7, 11) is 0. The van der Waals surface area contributed by atoms with E-state index >= 15 is 0 Å². The Hall–Kier alpha value is -12.2. The quantitative estimate of drug-likeness (QED) is 0.0959. The van der Waals surface area contributed by atoms with E-state index < -0.39 is 137 Å². The lowest BCUT2D eigenvalue weighted by Crippen LogP contribution is -2.60. The van der Waals surface area contributed by atoms with E-state index in [1.165, 1.54) is 0 Å². The van der Waals surface area contributed by atoms with Gasteiger partial charge in [0.15, 0.2) is 12.6 Å². The lowest BCUT2D eigenvalue weighted by Gasteiger charge is -2.40. The average Bonchev–Trinajstić information content (AvgIpc) is 0.823. The fourth-order valence-electron chi connectivity index (χ4n) is 6.01. The van der Waals surface area contributed by atoms with Gasteiger partial charge in [-0.25, -0.2) is 0 Å². The predicted octanol–water partition coefficient (Wildman–Crippen LogP) is 5.02. The molecule has 0 aromatic rings. The van der Waals surface area contributed by atoms with Crippen molar-refractivity contribution < 1.29 is 148 Å². The van der Waals surface area contributed by atoms with Crippen LogP contribution >= 0.6 is 0 Å². The molecule has 12 N–H and O–H groups in total. The summed E-state index contributed by atoms with van der Waals surface area (Å²) in [6.45, 7) is 0.341. The Labute approximate surface area is 594 Å². The molecule has 4 unspecified atom stereocenters. The van der Waals surface area contributed by atoms with Gasteiger partial charge in [-0.2, -0.15) is 0 Å². The monoisotopic (exact) mass is 1290 g/mol. The first-order valence-corrected chi connectivity index (χ1v) is 25.5. The van der Waals surface area contributed by atoms with E-state index in [0.29, 0.717) is 0 Å². The molecule has 0 spiro atoms. The minimum atomic E-state index is -1.87. The third kappa shape index (κ3) is 33.3. The van der Waals surface area contributed by atoms with Crippen LogP contribution in [0.25, 0.3) is 0 Å². The summed E-state index contributed by atoms with van der Waals surface area (Å²) in [5, 5.41) is 109. The first-order valence-electron chi connectivity index (χ1n) is 25.5. The Kier molecular flexibility index (Phi) is 39.5. The molecule has 0 aromatic heterocycles. The molecule has 2 saturated heterocycles. The molecule has 0 bridgehead atoms. The van der Waals surface area contributed by atoms with Gasteiger partial charge in [0.25, 0.3) is 11.8 Å². The van der Waals surface area contributed by atoms with Crippen molar-refractivity contribution in [2.75, 3.05) is 26.4 Å². The summed E-state index contributed by atoms with van der Waals surface area (Å²) in [5.41, 5.74) is 0. The summed E-state index contributed by atoms with van der Waals surface area (Å²) in [6, 6.07) is -2.89. The summed E-state index contributed by atoms with van der Waals surface area (Å²) >= 11 is 0. The van der Waals surface area contributed by atoms with E-state index in [2.05, 4.69) is 295 Å². The number of carbonyl (C=O) groups is 2. The molecule has 2 heterocycles. The highest BCUT2D eigenvalue weighted by Gasteiger charge is 2.46. The number of hydrogen-bond donors (Lipinski definition) is 12. The van der Waals surface area contributed by atoms with Gasteiger partial charge in [-0.1, -0.05) is 11.8 Å². The second-order valence-electron chi connectivity index (χ2n) is 16.2. The second kappa shape index (κ2) is 48.1. The van der Waals surface area contributed by atoms with Crippen LogP contribution in [0.15, 0.2) is 0 Å². The third-order valence-electron chi connectivity index (χ3n) is 10.1. The van der Waals surface area contributed by atoms with Crippen molar-refractivity contribution in [2.24, 2.45) is 0 Å². The number of rotatable bonds is 15. The van der Waals surface area contributed by atoms with Crippen LogP contribution in [-0.2, 0) is 28.5 Å². The molecular formula is C72H140N2O16. The number of aliphatic hydroxyl groups excluding tert-OH is 10. The van der Waals surface area contributed by atoms with Crippen molar-refractivity contribution in [3.8, 4) is 284 Å². The molecule has 0 aromatic carbocycles. The molecule has 14 atom stereocenters. The molecule has 0 saturated carbocycles. The second-order valence-corrected chi connectivity index (χ2v) is 16.2. The van der Waals surface area contributed by atoms with Gasteiger partial charge in [0.2, 0.25) is 0 Å². The normalized spacial score (nSPS) is 19.2. The van der Waals surface area contributed by atoms with E-state index in [0.717, 1.165) is 0 Å². The molecule has 2 fully saturated rings. The number of nitrogens with one attached hydrogen (secondary N) is 2. The molecule has 0 aliphatic carbocycles. The van der Waals surface area contributed by atoms with Gasteiger partial charge in [-0.15, -0.1) is 0 Å². The van der Waals surface area contributed by atoms with E-state index in [9.17, 15) is 60.7 Å². The molecule has 0 radical (unpaired) electrons. The Morgan fingerprint density at radius 2 is 0.567 bits per heavy atom. The van der Waals surface area contributed by atoms with Gasteiger partial charge >= 0.3 is 0 Å². The average molecular weight is 1290 g/mol. The van der Waals surface area contributed by atoms with Crippen molar-refractivity contribution >= 4 is 11.8 Å². The standard InChI is InChI=1S/C72H44N2O16.48H2/c1-3-5-7-9-11-13-15-17-19-21-23-25-27-29-31-33-35-37-39-41-43-45-47-49-63(79)73-57(55-87-71-69(85)67(83)65(81)61(53-75)89-71)59(77)51-52-60(78)58(56-88-72-70(86)68(84)66(82)62(54-76)90-72)74-64(80)50-48-46-44-42-40-38-36-34-32-30-28-26-24-22-20-18-16-14-12-10-8-6-4-2;;;;;;;;;;;;;;;;;;;;;;;;;;;;;;;;;;;;;;;;;;;;;;;;/h57-62,65-72,75-78,81-86H,51-56H2,1-2H3,(H,73,79)(H,74,80);48*1H/t57-,58-,59+,60+,61?,62?,65-,66-,67-,68-,69?,70?,71-,72-;;;;;;;;;;;;;;;;;;;;;;;;;;;;;;;;;;;;;;;;;;;;;;;;/m0................................................/s1. The minimum Gasteiger partial charge on any atom is -0.394 e. The van der Waals surface area contributed by atoms with Gasteiger partial charge in [0.1, 0.15) is 48.8 Å². The largest absolute Gasteiger partial charge is 0.394 e. The Morgan fingerprint density at radius 3 is 0.778 bits per heavy atom. The Morgan fingerprint density at radius 1 is 0.356 bits per heavy atom. The van der Waals surface area contributed by atoms with Gasteiger partial charge in [0, 0.05) is 151 Å². The first-order chi connectivity index (χ1) is 43.8. The molecule has 2 rings (SSSR count). The third-order valence-corrected chi connectivity index (χ3v) is 10.1. The molecule has 2 amide bonds. The highest BCUT2D eigenvalue weighted by molar-refractivity contribution is 5.94. The summed E-state index contributed by atoms with van der Waals surface area (Å²) in [6.07, 6.45) is -21.2. The Balaban J connectivity index is -0.0000000383. The number of hydrogen-bond acceptors (Lipinski definition) is 16. The van der Waals surface area contributed by atoms with Crippen LogP contribution in [-0.4, -0.2) is 175 Å². The molecule has 2 aliphatic rings. The lowest BCUT2D eigenvalue weighted by molar-refractivity contribution is -0.303.